The molecular formula is C33H44ClN7O4. The Morgan fingerprint density at radius 1 is 0.911 bits per heavy atom. The number of nitrogens with one attached hydrogen (secondary N) is 2. The topological polar surface area (TPSA) is 133 Å². The van der Waals surface area contributed by atoms with Crippen LogP contribution in [0, 0.1) is 11.3 Å². The lowest BCUT2D eigenvalue weighted by Gasteiger charge is -2.38. The first-order valence-electron chi connectivity index (χ1n) is 16.1. The van der Waals surface area contributed by atoms with Crippen LogP contribution in [-0.4, -0.2) is 83.1 Å². The van der Waals surface area contributed by atoms with E-state index >= 15 is 0 Å². The predicted molar refractivity (Wildman–Crippen MR) is 172 cm³/mol. The van der Waals surface area contributed by atoms with Gasteiger partial charge in [-0.1, -0.05) is 11.6 Å². The molecule has 2 amide bonds. The van der Waals surface area contributed by atoms with Crippen LogP contribution >= 0.6 is 11.6 Å². The molecule has 45 heavy (non-hydrogen) atoms. The molecule has 2 saturated heterocycles. The van der Waals surface area contributed by atoms with Crippen LogP contribution in [0.25, 0.3) is 0 Å². The lowest BCUT2D eigenvalue weighted by atomic mass is 9.93. The molecule has 0 bridgehead atoms. The van der Waals surface area contributed by atoms with E-state index in [9.17, 15) is 9.59 Å². The number of rotatable bonds is 7. The second-order valence-corrected chi connectivity index (χ2v) is 13.7. The number of aromatic nitrogens is 2. The molecule has 0 spiro atoms. The molecule has 11 nitrogen and oxygen atoms in total. The number of nitriles is 1. The monoisotopic (exact) mass is 637 g/mol. The molecule has 1 aliphatic carbocycles. The number of carbonyl (C=O) groups is 2. The number of hydrogen-bond donors (Lipinski definition) is 2. The standard InChI is InChI=1S/C33H44ClN7O4/c1-33(2,3)45-32(43)41-18-14-25(15-19-41)36-24-12-16-40(17-13-24)30-11-10-29(38-39-30)31(42)37-23-5-8-26(9-6-23)44-27-7-4-22(21-35)28(34)20-27/h4,7,10-11,20,23-26,36H,5-6,8-9,12-19H2,1-3H3,(H,37,42)/t23-,26-. The molecule has 1 aromatic heterocycles. The number of anilines is 1. The van der Waals surface area contributed by atoms with Gasteiger partial charge < -0.3 is 29.9 Å². The van der Waals surface area contributed by atoms with Gasteiger partial charge in [-0.2, -0.15) is 5.26 Å². The summed E-state index contributed by atoms with van der Waals surface area (Å²) < 4.78 is 11.6. The van der Waals surface area contributed by atoms with Gasteiger partial charge in [0.05, 0.1) is 16.7 Å². The van der Waals surface area contributed by atoms with Gasteiger partial charge in [0.25, 0.3) is 5.91 Å². The van der Waals surface area contributed by atoms with Crippen LogP contribution < -0.4 is 20.3 Å². The van der Waals surface area contributed by atoms with Gasteiger partial charge >= 0.3 is 6.09 Å². The summed E-state index contributed by atoms with van der Waals surface area (Å²) in [5, 5.41) is 25.0. The number of nitrogens with zero attached hydrogens (tertiary/aromatic N) is 5. The van der Waals surface area contributed by atoms with E-state index in [-0.39, 0.29) is 24.1 Å². The Labute approximate surface area is 270 Å². The van der Waals surface area contributed by atoms with Crippen molar-refractivity contribution in [1.29, 1.82) is 5.26 Å². The van der Waals surface area contributed by atoms with E-state index in [0.29, 0.717) is 47.2 Å². The molecule has 1 saturated carbocycles. The molecule has 0 radical (unpaired) electrons. The molecule has 0 unspecified atom stereocenters. The number of halogens is 1. The smallest absolute Gasteiger partial charge is 0.410 e. The first kappa shape index (κ1) is 32.8. The molecule has 242 valence electrons. The molecule has 3 aliphatic rings. The molecule has 3 fully saturated rings. The van der Waals surface area contributed by atoms with Crippen molar-refractivity contribution in [3.05, 3.63) is 46.6 Å². The fraction of sp³-hybridized carbons (Fsp3) is 0.606. The van der Waals surface area contributed by atoms with E-state index in [1.807, 2.05) is 31.7 Å². The molecule has 5 rings (SSSR count). The highest BCUT2D eigenvalue weighted by atomic mass is 35.5. The van der Waals surface area contributed by atoms with Gasteiger partial charge in [-0.25, -0.2) is 4.79 Å². The van der Waals surface area contributed by atoms with Gasteiger partial charge in [0, 0.05) is 50.4 Å². The fourth-order valence-electron chi connectivity index (χ4n) is 6.22. The summed E-state index contributed by atoms with van der Waals surface area (Å²) in [7, 11) is 0. The van der Waals surface area contributed by atoms with Crippen LogP contribution in [0.5, 0.6) is 5.75 Å². The van der Waals surface area contributed by atoms with E-state index in [1.165, 1.54) is 0 Å². The quantitative estimate of drug-likeness (QED) is 0.426. The molecule has 2 aromatic rings. The maximum absolute atomic E-state index is 12.9. The first-order valence-corrected chi connectivity index (χ1v) is 16.4. The van der Waals surface area contributed by atoms with Crippen molar-refractivity contribution in [3.8, 4) is 11.8 Å². The number of carbonyl (C=O) groups excluding carboxylic acids is 2. The Hall–Kier alpha value is -3.62. The lowest BCUT2D eigenvalue weighted by Crippen LogP contribution is -2.51. The summed E-state index contributed by atoms with van der Waals surface area (Å²) in [6, 6.07) is 11.7. The summed E-state index contributed by atoms with van der Waals surface area (Å²) in [6.07, 6.45) is 6.90. The fourth-order valence-corrected chi connectivity index (χ4v) is 6.43. The van der Waals surface area contributed by atoms with Crippen molar-refractivity contribution in [3.63, 3.8) is 0 Å². The summed E-state index contributed by atoms with van der Waals surface area (Å²) >= 11 is 6.12. The molecule has 3 heterocycles. The summed E-state index contributed by atoms with van der Waals surface area (Å²) in [4.78, 5) is 29.3. The van der Waals surface area contributed by atoms with Crippen LogP contribution in [0.15, 0.2) is 30.3 Å². The summed E-state index contributed by atoms with van der Waals surface area (Å²) in [6.45, 7) is 8.85. The molecule has 2 N–H and O–H groups in total. The molecule has 1 aromatic carbocycles. The minimum absolute atomic E-state index is 0.0396. The number of benzene rings is 1. The molecule has 0 atom stereocenters. The Morgan fingerprint density at radius 3 is 2.16 bits per heavy atom. The number of piperidine rings is 2. The van der Waals surface area contributed by atoms with Crippen LogP contribution in [0.1, 0.15) is 88.2 Å². The first-order chi connectivity index (χ1) is 21.6. The van der Waals surface area contributed by atoms with E-state index in [4.69, 9.17) is 26.3 Å². The number of likely N-dealkylation sites (tertiary alicyclic amines) is 1. The van der Waals surface area contributed by atoms with E-state index < -0.39 is 5.60 Å². The van der Waals surface area contributed by atoms with Gasteiger partial charge in [0.15, 0.2) is 11.5 Å². The largest absolute Gasteiger partial charge is 0.490 e. The maximum Gasteiger partial charge on any atom is 0.410 e. The predicted octanol–water partition coefficient (Wildman–Crippen LogP) is 5.08. The van der Waals surface area contributed by atoms with Crippen molar-refractivity contribution >= 4 is 29.4 Å². The van der Waals surface area contributed by atoms with Gasteiger partial charge in [0.2, 0.25) is 0 Å². The van der Waals surface area contributed by atoms with Crippen molar-refractivity contribution < 1.29 is 19.1 Å². The second-order valence-electron chi connectivity index (χ2n) is 13.3. The van der Waals surface area contributed by atoms with Crippen LogP contribution in [0.2, 0.25) is 5.02 Å². The summed E-state index contributed by atoms with van der Waals surface area (Å²) in [5.41, 5.74) is 0.272. The number of hydrogen-bond acceptors (Lipinski definition) is 9. The molecule has 2 aliphatic heterocycles. The van der Waals surface area contributed by atoms with Crippen molar-refractivity contribution in [2.24, 2.45) is 0 Å². The highest BCUT2D eigenvalue weighted by molar-refractivity contribution is 6.31. The van der Waals surface area contributed by atoms with E-state index in [1.54, 1.807) is 24.3 Å². The maximum atomic E-state index is 12.9. The van der Waals surface area contributed by atoms with Crippen LogP contribution in [-0.2, 0) is 4.74 Å². The third-order valence-electron chi connectivity index (χ3n) is 8.69. The highest BCUT2D eigenvalue weighted by Gasteiger charge is 2.29. The molecule has 12 heteroatoms. The Kier molecular flexibility index (Phi) is 10.7. The van der Waals surface area contributed by atoms with Gasteiger partial charge in [-0.05, 0) is 96.4 Å². The Balaban J connectivity index is 0.999. The third-order valence-corrected chi connectivity index (χ3v) is 9.01. The van der Waals surface area contributed by atoms with Crippen LogP contribution in [0.4, 0.5) is 10.6 Å². The average molecular weight is 638 g/mol. The van der Waals surface area contributed by atoms with E-state index in [0.717, 1.165) is 70.3 Å². The second kappa shape index (κ2) is 14.6. The van der Waals surface area contributed by atoms with Gasteiger partial charge in [-0.3, -0.25) is 4.79 Å². The average Bonchev–Trinajstić information content (AvgIpc) is 3.02. The third kappa shape index (κ3) is 9.21. The van der Waals surface area contributed by atoms with Crippen LogP contribution in [0.3, 0.4) is 0 Å². The minimum atomic E-state index is -0.473. The minimum Gasteiger partial charge on any atom is -0.490 e. The zero-order valence-electron chi connectivity index (χ0n) is 26.4. The zero-order chi connectivity index (χ0) is 32.0. The number of ether oxygens (including phenoxy) is 2. The van der Waals surface area contributed by atoms with Gasteiger partial charge in [-0.15, -0.1) is 10.2 Å². The van der Waals surface area contributed by atoms with Gasteiger partial charge in [0.1, 0.15) is 17.4 Å². The summed E-state index contributed by atoms with van der Waals surface area (Å²) in [5.74, 6) is 1.23. The Bertz CT molecular complexity index is 1350. The highest BCUT2D eigenvalue weighted by Crippen LogP contribution is 2.28. The van der Waals surface area contributed by atoms with E-state index in [2.05, 4.69) is 31.8 Å². The number of amides is 2. The van der Waals surface area contributed by atoms with Crippen molar-refractivity contribution in [2.45, 2.75) is 102 Å². The lowest BCUT2D eigenvalue weighted by molar-refractivity contribution is 0.0195. The van der Waals surface area contributed by atoms with Crippen molar-refractivity contribution in [2.75, 3.05) is 31.1 Å². The Morgan fingerprint density at radius 2 is 1.58 bits per heavy atom. The van der Waals surface area contributed by atoms with Crippen molar-refractivity contribution in [1.82, 2.24) is 25.7 Å². The SMILES string of the molecule is CC(C)(C)OC(=O)N1CCC(NC2CCN(c3ccc(C(=O)N[C@H]4CC[C@H](Oc5ccc(C#N)c(Cl)c5)CC4)nn3)CC2)CC1. The zero-order valence-corrected chi connectivity index (χ0v) is 27.2. The molecular weight excluding hydrogens is 594 g/mol. The normalized spacial score (nSPS) is 21.6.